The van der Waals surface area contributed by atoms with Crippen LogP contribution in [0.25, 0.3) is 0 Å². The second-order valence-corrected chi connectivity index (χ2v) is 0. The molecule has 5 heavy (non-hydrogen) atoms. The van der Waals surface area contributed by atoms with Crippen molar-refractivity contribution in [2.75, 3.05) is 0 Å². The van der Waals surface area contributed by atoms with Gasteiger partial charge in [0.25, 0.3) is 0 Å². The van der Waals surface area contributed by atoms with Gasteiger partial charge >= 0.3 is 128 Å². The second kappa shape index (κ2) is 23.0. The van der Waals surface area contributed by atoms with Gasteiger partial charge in [-0.3, -0.25) is 0 Å². The van der Waals surface area contributed by atoms with Crippen LogP contribution in [-0.2, 0) is 0 Å². The van der Waals surface area contributed by atoms with Crippen LogP contribution in [0.5, 0.6) is 0 Å². The molecule has 22 valence electrons. The van der Waals surface area contributed by atoms with Gasteiger partial charge in [-0.2, -0.15) is 0 Å². The topological polar surface area (TPSA) is 0 Å². The summed E-state index contributed by atoms with van der Waals surface area (Å²) in [7, 11) is 0. The Balaban J connectivity index is 0. The fourth-order valence-electron chi connectivity index (χ4n) is 0. The predicted molar refractivity (Wildman–Crippen MR) is 26.0 cm³/mol. The Kier molecular flexibility index (Phi) is 148. The van der Waals surface area contributed by atoms with Crippen molar-refractivity contribution in [2.45, 2.75) is 0 Å². The molecule has 0 radical (unpaired) electrons. The molecule has 0 aliphatic heterocycles. The fourth-order valence-corrected chi connectivity index (χ4v) is 0. The van der Waals surface area contributed by atoms with Gasteiger partial charge in [-0.1, -0.05) is 0 Å². The maximum absolute atomic E-state index is 0. The number of halogens is 2. The summed E-state index contributed by atoms with van der Waals surface area (Å²) in [5.74, 6) is 0. The van der Waals surface area contributed by atoms with Crippen LogP contribution in [0.4, 0.5) is 0 Å². The summed E-state index contributed by atoms with van der Waals surface area (Å²) in [5.41, 5.74) is 0. The normalized spacial score (nSPS) is 0. The van der Waals surface area contributed by atoms with E-state index in [9.17, 15) is 0 Å². The van der Waals surface area contributed by atoms with Crippen LogP contribution >= 0.6 is 36.4 Å². The van der Waals surface area contributed by atoms with E-state index in [1.807, 2.05) is 0 Å². The number of hydrogen-bond acceptors (Lipinski definition) is 0. The third-order valence-electron chi connectivity index (χ3n) is 0. The number of rotatable bonds is 0. The minimum absolute atomic E-state index is 0. The van der Waals surface area contributed by atoms with Gasteiger partial charge in [-0.15, -0.1) is 36.4 Å². The van der Waals surface area contributed by atoms with Crippen LogP contribution in [0, 0.1) is 0 Å². The minimum Gasteiger partial charge on any atom is -1.00 e. The van der Waals surface area contributed by atoms with E-state index in [1.54, 1.807) is 0 Å². The van der Waals surface area contributed by atoms with Crippen molar-refractivity contribution in [1.82, 2.24) is 0 Å². The maximum Gasteiger partial charge on any atom is 1.00 e. The molecule has 0 aromatic rings. The molecule has 0 fully saturated rings. The van der Waals surface area contributed by atoms with Crippen molar-refractivity contribution in [1.29, 1.82) is 0 Å². The Hall–Kier alpha value is 5.07. The van der Waals surface area contributed by atoms with Gasteiger partial charge in [0.15, 0.2) is 0 Å². The van der Waals surface area contributed by atoms with Crippen LogP contribution in [-0.4, -0.2) is 0 Å². The third-order valence-corrected chi connectivity index (χ3v) is 0. The van der Waals surface area contributed by atoms with Gasteiger partial charge in [-0.05, 0) is 0 Å². The van der Waals surface area contributed by atoms with Crippen LogP contribution in [0.15, 0.2) is 0 Å². The van der Waals surface area contributed by atoms with E-state index >= 15 is 0 Å². The van der Waals surface area contributed by atoms with Crippen molar-refractivity contribution in [2.24, 2.45) is 0 Å². The van der Waals surface area contributed by atoms with Crippen molar-refractivity contribution in [3.63, 3.8) is 0 Å². The molecule has 0 aliphatic rings. The molecule has 5 heteroatoms. The Morgan fingerprint density at radius 1 is 1.00 bits per heavy atom. The molecule has 0 saturated carbocycles. The van der Waals surface area contributed by atoms with E-state index < -0.39 is 0 Å². The van der Waals surface area contributed by atoms with Crippen LogP contribution in [0.3, 0.4) is 0 Å². The van der Waals surface area contributed by atoms with Gasteiger partial charge in [0, 0.05) is 0 Å². The third kappa shape index (κ3) is 17.6. The molecule has 0 unspecified atom stereocenters. The molecule has 0 aromatic heterocycles. The molecule has 0 bridgehead atoms. The Morgan fingerprint density at radius 3 is 1.00 bits per heavy atom. The fraction of sp³-hybridized carbons (Fsp3) is 0. The van der Waals surface area contributed by atoms with Crippen molar-refractivity contribution < 1.29 is 132 Å². The molecular formula is H5ClCsINa2. The molecule has 0 aromatic carbocycles. The zero-order valence-corrected chi connectivity index (χ0v) is 17.2. The van der Waals surface area contributed by atoms with E-state index in [2.05, 4.69) is 0 Å². The van der Waals surface area contributed by atoms with Gasteiger partial charge < -0.3 is 4.28 Å². The summed E-state index contributed by atoms with van der Waals surface area (Å²) >= 11 is 0. The second-order valence-electron chi connectivity index (χ2n) is 0. The quantitative estimate of drug-likeness (QED) is 0.302. The number of hydrogen-bond donors (Lipinski definition) is 0. The molecule has 0 atom stereocenters. The smallest absolute Gasteiger partial charge is 1.00 e. The van der Waals surface area contributed by atoms with Gasteiger partial charge in [0.1, 0.15) is 0 Å². The molecule has 0 amide bonds. The van der Waals surface area contributed by atoms with Crippen LogP contribution < -0.4 is 128 Å². The van der Waals surface area contributed by atoms with E-state index in [-0.39, 0.29) is 169 Å². The van der Waals surface area contributed by atoms with E-state index in [0.717, 1.165) is 0 Å². The van der Waals surface area contributed by atoms with E-state index in [1.165, 1.54) is 0 Å². The molecule has 0 heterocycles. The Labute approximate surface area is 163 Å². The SMILES string of the molecule is Cl.I.[Cs+].[H-].[H-].[H-].[Na+].[Na+]. The van der Waals surface area contributed by atoms with Crippen molar-refractivity contribution >= 4 is 36.4 Å². The summed E-state index contributed by atoms with van der Waals surface area (Å²) in [6, 6.07) is 0. The van der Waals surface area contributed by atoms with Gasteiger partial charge in [0.05, 0.1) is 0 Å². The molecule has 0 spiro atoms. The summed E-state index contributed by atoms with van der Waals surface area (Å²) in [6.45, 7) is 0. The Bertz CT molecular complexity index is 17.2. The van der Waals surface area contributed by atoms with E-state index in [4.69, 9.17) is 0 Å². The summed E-state index contributed by atoms with van der Waals surface area (Å²) in [6.07, 6.45) is 0. The van der Waals surface area contributed by atoms with Crippen molar-refractivity contribution in [3.05, 3.63) is 0 Å². The predicted octanol–water partition coefficient (Wildman–Crippen LogP) is -7.61. The standard InChI is InChI=1S/ClH.Cs.HI.2Na.3H/h1H;;1H;;;;;/q;+1;;2*+1;3*-1. The summed E-state index contributed by atoms with van der Waals surface area (Å²) in [4.78, 5) is 0. The van der Waals surface area contributed by atoms with Crippen LogP contribution in [0.1, 0.15) is 4.28 Å². The molecule has 0 nitrogen and oxygen atoms in total. The van der Waals surface area contributed by atoms with Gasteiger partial charge in [-0.25, -0.2) is 0 Å². The molecule has 0 saturated heterocycles. The molecular weight excluding hydrogens is 341 g/mol. The first-order valence-electron chi connectivity index (χ1n) is 0. The zero-order chi connectivity index (χ0) is 0. The molecule has 0 N–H and O–H groups in total. The van der Waals surface area contributed by atoms with E-state index in [0.29, 0.717) is 0 Å². The summed E-state index contributed by atoms with van der Waals surface area (Å²) < 4.78 is 0. The minimum atomic E-state index is 0. The van der Waals surface area contributed by atoms with Gasteiger partial charge in [0.2, 0.25) is 0 Å². The van der Waals surface area contributed by atoms with Crippen LogP contribution in [0.2, 0.25) is 0 Å². The van der Waals surface area contributed by atoms with Crippen molar-refractivity contribution in [3.8, 4) is 0 Å². The monoisotopic (exact) mass is 346 g/mol. The maximum atomic E-state index is 0. The largest absolute Gasteiger partial charge is 1.00 e. The zero-order valence-electron chi connectivity index (χ0n) is 6.82. The first kappa shape index (κ1) is 32.2. The first-order valence-corrected chi connectivity index (χ1v) is 0. The average Bonchev–Trinajstić information content (AvgIpc) is 0. The average molecular weight is 346 g/mol. The summed E-state index contributed by atoms with van der Waals surface area (Å²) in [5, 5.41) is 0. The molecule has 0 rings (SSSR count). The molecule has 0 aliphatic carbocycles. The first-order chi connectivity index (χ1) is 0. The Morgan fingerprint density at radius 2 is 1.00 bits per heavy atom.